The molecule has 0 aliphatic heterocycles. The van der Waals surface area contributed by atoms with Gasteiger partial charge in [-0.3, -0.25) is 0 Å². The van der Waals surface area contributed by atoms with Gasteiger partial charge >= 0.3 is 0 Å². The fourth-order valence-electron chi connectivity index (χ4n) is 2.38. The van der Waals surface area contributed by atoms with Crippen molar-refractivity contribution in [2.45, 2.75) is 44.1 Å². The van der Waals surface area contributed by atoms with Gasteiger partial charge in [0.05, 0.1) is 5.60 Å². The molecular formula is C13H17BrO. The minimum Gasteiger partial charge on any atom is -0.390 e. The highest BCUT2D eigenvalue weighted by Crippen LogP contribution is 2.32. The van der Waals surface area contributed by atoms with E-state index in [9.17, 15) is 5.11 Å². The number of hydrogen-bond acceptors (Lipinski definition) is 1. The molecule has 1 N–H and O–H groups in total. The highest BCUT2D eigenvalue weighted by atomic mass is 79.9. The Labute approximate surface area is 99.6 Å². The lowest BCUT2D eigenvalue weighted by Gasteiger charge is -2.32. The average Bonchev–Trinajstić information content (AvgIpc) is 2.22. The summed E-state index contributed by atoms with van der Waals surface area (Å²) in [6.45, 7) is 0. The Kier molecular flexibility index (Phi) is 3.47. The number of aliphatic hydroxyl groups is 1. The van der Waals surface area contributed by atoms with Gasteiger partial charge in [-0.25, -0.2) is 0 Å². The quantitative estimate of drug-likeness (QED) is 0.868. The van der Waals surface area contributed by atoms with Crippen LogP contribution in [0, 0.1) is 0 Å². The van der Waals surface area contributed by atoms with Gasteiger partial charge in [-0.2, -0.15) is 0 Å². The van der Waals surface area contributed by atoms with Crippen LogP contribution in [-0.2, 0) is 6.42 Å². The van der Waals surface area contributed by atoms with E-state index in [0.29, 0.717) is 0 Å². The maximum absolute atomic E-state index is 10.4. The van der Waals surface area contributed by atoms with E-state index in [-0.39, 0.29) is 0 Å². The highest BCUT2D eigenvalue weighted by molar-refractivity contribution is 9.10. The minimum absolute atomic E-state index is 0.456. The first-order valence-electron chi connectivity index (χ1n) is 5.65. The van der Waals surface area contributed by atoms with Crippen LogP contribution in [0.2, 0.25) is 0 Å². The van der Waals surface area contributed by atoms with Gasteiger partial charge in [0.15, 0.2) is 0 Å². The van der Waals surface area contributed by atoms with E-state index in [1.54, 1.807) is 0 Å². The third-order valence-corrected chi connectivity index (χ3v) is 4.04. The molecule has 1 aromatic rings. The molecule has 0 aromatic heterocycles. The van der Waals surface area contributed by atoms with Crippen LogP contribution in [0.5, 0.6) is 0 Å². The van der Waals surface area contributed by atoms with Crippen LogP contribution in [0.15, 0.2) is 28.7 Å². The molecule has 82 valence electrons. The zero-order valence-electron chi connectivity index (χ0n) is 8.88. The molecule has 0 amide bonds. The van der Waals surface area contributed by atoms with Gasteiger partial charge in [-0.1, -0.05) is 53.4 Å². The van der Waals surface area contributed by atoms with Crippen LogP contribution >= 0.6 is 15.9 Å². The number of hydrogen-bond donors (Lipinski definition) is 1. The molecule has 1 fully saturated rings. The second kappa shape index (κ2) is 4.67. The molecule has 0 radical (unpaired) electrons. The third kappa shape index (κ3) is 2.82. The van der Waals surface area contributed by atoms with E-state index in [0.717, 1.165) is 23.7 Å². The van der Waals surface area contributed by atoms with E-state index in [2.05, 4.69) is 22.0 Å². The van der Waals surface area contributed by atoms with Gasteiger partial charge in [-0.15, -0.1) is 0 Å². The van der Waals surface area contributed by atoms with Crippen molar-refractivity contribution in [2.75, 3.05) is 0 Å². The Bertz CT molecular complexity index is 329. The van der Waals surface area contributed by atoms with Crippen molar-refractivity contribution >= 4 is 15.9 Å². The number of rotatable bonds is 2. The highest BCUT2D eigenvalue weighted by Gasteiger charge is 2.29. The van der Waals surface area contributed by atoms with Crippen molar-refractivity contribution in [3.05, 3.63) is 34.3 Å². The van der Waals surface area contributed by atoms with Crippen molar-refractivity contribution in [3.63, 3.8) is 0 Å². The maximum Gasteiger partial charge on any atom is 0.0688 e. The predicted molar refractivity (Wildman–Crippen MR) is 65.9 cm³/mol. The van der Waals surface area contributed by atoms with Gasteiger partial charge in [0.25, 0.3) is 0 Å². The van der Waals surface area contributed by atoms with Gasteiger partial charge < -0.3 is 5.11 Å². The van der Waals surface area contributed by atoms with Crippen molar-refractivity contribution in [1.29, 1.82) is 0 Å². The second-order valence-corrected chi connectivity index (χ2v) is 5.41. The molecule has 15 heavy (non-hydrogen) atoms. The lowest BCUT2D eigenvalue weighted by atomic mass is 9.80. The molecule has 0 saturated heterocycles. The Morgan fingerprint density at radius 2 is 1.80 bits per heavy atom. The molecule has 0 atom stereocenters. The van der Waals surface area contributed by atoms with E-state index >= 15 is 0 Å². The molecule has 0 spiro atoms. The van der Waals surface area contributed by atoms with Gasteiger partial charge in [0.1, 0.15) is 0 Å². The smallest absolute Gasteiger partial charge is 0.0688 e. The van der Waals surface area contributed by atoms with E-state index in [4.69, 9.17) is 0 Å². The summed E-state index contributed by atoms with van der Waals surface area (Å²) in [4.78, 5) is 0. The summed E-state index contributed by atoms with van der Waals surface area (Å²) in [6.07, 6.45) is 6.30. The molecule has 1 saturated carbocycles. The lowest BCUT2D eigenvalue weighted by Crippen LogP contribution is -2.33. The zero-order valence-corrected chi connectivity index (χ0v) is 10.5. The van der Waals surface area contributed by atoms with Gasteiger partial charge in [0.2, 0.25) is 0 Å². The van der Waals surface area contributed by atoms with E-state index in [1.807, 2.05) is 18.2 Å². The molecule has 2 heteroatoms. The molecule has 0 bridgehead atoms. The third-order valence-electron chi connectivity index (χ3n) is 3.26. The van der Waals surface area contributed by atoms with Crippen LogP contribution in [0.3, 0.4) is 0 Å². The lowest BCUT2D eigenvalue weighted by molar-refractivity contribution is 0.00435. The van der Waals surface area contributed by atoms with Crippen LogP contribution in [0.25, 0.3) is 0 Å². The molecule has 0 unspecified atom stereocenters. The summed E-state index contributed by atoms with van der Waals surface area (Å²) >= 11 is 3.54. The van der Waals surface area contributed by atoms with Crippen LogP contribution in [-0.4, -0.2) is 10.7 Å². The van der Waals surface area contributed by atoms with Crippen molar-refractivity contribution < 1.29 is 5.11 Å². The van der Waals surface area contributed by atoms with Gasteiger partial charge in [0, 0.05) is 10.9 Å². The van der Waals surface area contributed by atoms with E-state index in [1.165, 1.54) is 24.8 Å². The fraction of sp³-hybridized carbons (Fsp3) is 0.538. The summed E-state index contributed by atoms with van der Waals surface area (Å²) < 4.78 is 1.11. The van der Waals surface area contributed by atoms with Crippen molar-refractivity contribution in [2.24, 2.45) is 0 Å². The standard InChI is InChI=1S/C13H17BrO/c14-12-7-3-2-6-11(12)10-13(15)8-4-1-5-9-13/h2-3,6-7,15H,1,4-5,8-10H2. The predicted octanol–water partition coefficient (Wildman–Crippen LogP) is 3.69. The van der Waals surface area contributed by atoms with Crippen molar-refractivity contribution in [3.8, 4) is 0 Å². The molecule has 2 rings (SSSR count). The first-order chi connectivity index (χ1) is 7.20. The Hall–Kier alpha value is -0.340. The SMILES string of the molecule is OC1(Cc2ccccc2Br)CCCCC1. The average molecular weight is 269 g/mol. The minimum atomic E-state index is -0.456. The Morgan fingerprint density at radius 1 is 1.13 bits per heavy atom. The molecule has 1 aliphatic carbocycles. The van der Waals surface area contributed by atoms with E-state index < -0.39 is 5.60 Å². The zero-order chi connectivity index (χ0) is 10.7. The second-order valence-electron chi connectivity index (χ2n) is 4.55. The summed E-state index contributed by atoms with van der Waals surface area (Å²) in [6, 6.07) is 8.18. The maximum atomic E-state index is 10.4. The summed E-state index contributed by atoms with van der Waals surface area (Å²) in [5.74, 6) is 0. The largest absolute Gasteiger partial charge is 0.390 e. The first kappa shape index (κ1) is 11.2. The molecule has 1 aliphatic rings. The topological polar surface area (TPSA) is 20.2 Å². The Balaban J connectivity index is 2.10. The fourth-order valence-corrected chi connectivity index (χ4v) is 2.81. The van der Waals surface area contributed by atoms with Crippen LogP contribution in [0.4, 0.5) is 0 Å². The van der Waals surface area contributed by atoms with Crippen LogP contribution < -0.4 is 0 Å². The molecule has 1 nitrogen and oxygen atoms in total. The van der Waals surface area contributed by atoms with Crippen LogP contribution in [0.1, 0.15) is 37.7 Å². The number of benzene rings is 1. The number of halogens is 1. The van der Waals surface area contributed by atoms with Gasteiger partial charge in [-0.05, 0) is 24.5 Å². The first-order valence-corrected chi connectivity index (χ1v) is 6.45. The summed E-state index contributed by atoms with van der Waals surface area (Å²) in [5.41, 5.74) is 0.768. The molecular weight excluding hydrogens is 252 g/mol. The summed E-state index contributed by atoms with van der Waals surface area (Å²) in [7, 11) is 0. The monoisotopic (exact) mass is 268 g/mol. The normalized spacial score (nSPS) is 20.1. The Morgan fingerprint density at radius 3 is 2.47 bits per heavy atom. The van der Waals surface area contributed by atoms with Crippen molar-refractivity contribution in [1.82, 2.24) is 0 Å². The summed E-state index contributed by atoms with van der Waals surface area (Å²) in [5, 5.41) is 10.4. The molecule has 1 aromatic carbocycles. The molecule has 0 heterocycles.